The summed E-state index contributed by atoms with van der Waals surface area (Å²) in [7, 11) is 0. The lowest BCUT2D eigenvalue weighted by atomic mass is 10.1. The van der Waals surface area contributed by atoms with E-state index in [9.17, 15) is 4.79 Å². The molecule has 5 nitrogen and oxygen atoms in total. The summed E-state index contributed by atoms with van der Waals surface area (Å²) >= 11 is 2.98. The van der Waals surface area contributed by atoms with Crippen LogP contribution in [0.1, 0.15) is 12.5 Å². The van der Waals surface area contributed by atoms with Gasteiger partial charge < -0.3 is 9.30 Å². The van der Waals surface area contributed by atoms with Gasteiger partial charge in [-0.2, -0.15) is 0 Å². The minimum atomic E-state index is -0.263. The van der Waals surface area contributed by atoms with E-state index in [0.717, 1.165) is 38.7 Å². The third-order valence-corrected chi connectivity index (χ3v) is 6.17. The zero-order valence-corrected chi connectivity index (χ0v) is 17.0. The van der Waals surface area contributed by atoms with E-state index in [1.807, 2.05) is 59.3 Å². The van der Waals surface area contributed by atoms with E-state index in [-0.39, 0.29) is 18.3 Å². The zero-order chi connectivity index (χ0) is 19.3. The van der Waals surface area contributed by atoms with Crippen molar-refractivity contribution in [3.8, 4) is 10.7 Å². The average molecular weight is 410 g/mol. The van der Waals surface area contributed by atoms with Crippen molar-refractivity contribution in [2.24, 2.45) is 0 Å². The highest BCUT2D eigenvalue weighted by atomic mass is 32.2. The molecular weight excluding hydrogens is 390 g/mol. The zero-order valence-electron chi connectivity index (χ0n) is 15.4. The Labute approximate surface area is 171 Å². The lowest BCUT2D eigenvalue weighted by Gasteiger charge is -2.08. The second kappa shape index (κ2) is 8.58. The number of aromatic nitrogens is 3. The molecule has 0 N–H and O–H groups in total. The van der Waals surface area contributed by atoms with Gasteiger partial charge in [-0.3, -0.25) is 4.79 Å². The van der Waals surface area contributed by atoms with E-state index >= 15 is 0 Å². The third kappa shape index (κ3) is 3.95. The summed E-state index contributed by atoms with van der Waals surface area (Å²) in [6, 6.07) is 18.1. The van der Waals surface area contributed by atoms with Gasteiger partial charge >= 0.3 is 5.97 Å². The number of nitrogens with zero attached hydrogens (tertiary/aromatic N) is 3. The van der Waals surface area contributed by atoms with Crippen LogP contribution in [0.15, 0.2) is 65.1 Å². The Morgan fingerprint density at radius 2 is 1.96 bits per heavy atom. The molecule has 0 radical (unpaired) electrons. The number of rotatable bonds is 7. The fraction of sp³-hybridized carbons (Fsp3) is 0.190. The molecule has 28 heavy (non-hydrogen) atoms. The topological polar surface area (TPSA) is 57.0 Å². The van der Waals surface area contributed by atoms with Crippen LogP contribution in [0, 0.1) is 0 Å². The standard InChI is InChI=1S/C21H19N3O2S2/c1-2-24-20(18-11-6-12-27-18)22-23-21(24)28-14-19(25)26-13-16-9-5-8-15-7-3-4-10-17(15)16/h3-12H,2,13-14H2,1H3. The molecule has 0 amide bonds. The van der Waals surface area contributed by atoms with Gasteiger partial charge in [-0.1, -0.05) is 60.3 Å². The van der Waals surface area contributed by atoms with Crippen LogP contribution in [0.25, 0.3) is 21.5 Å². The second-order valence-corrected chi connectivity index (χ2v) is 8.01. The summed E-state index contributed by atoms with van der Waals surface area (Å²) in [4.78, 5) is 13.3. The number of carbonyl (C=O) groups excluding carboxylic acids is 1. The molecule has 0 aliphatic rings. The fourth-order valence-corrected chi connectivity index (χ4v) is 4.53. The molecule has 0 unspecified atom stereocenters. The number of hydrogen-bond donors (Lipinski definition) is 0. The minimum Gasteiger partial charge on any atom is -0.460 e. The van der Waals surface area contributed by atoms with E-state index in [4.69, 9.17) is 4.74 Å². The van der Waals surface area contributed by atoms with Crippen molar-refractivity contribution >= 4 is 39.8 Å². The van der Waals surface area contributed by atoms with Gasteiger partial charge in [-0.25, -0.2) is 0 Å². The van der Waals surface area contributed by atoms with E-state index in [2.05, 4.69) is 22.3 Å². The molecule has 2 aromatic heterocycles. The highest BCUT2D eigenvalue weighted by molar-refractivity contribution is 7.99. The number of benzene rings is 2. The predicted octanol–water partition coefficient (Wildman–Crippen LogP) is 5.02. The molecule has 0 aliphatic carbocycles. The third-order valence-electron chi connectivity index (χ3n) is 4.36. The van der Waals surface area contributed by atoms with Crippen LogP contribution in [0.4, 0.5) is 0 Å². The van der Waals surface area contributed by atoms with Crippen molar-refractivity contribution in [2.75, 3.05) is 5.75 Å². The Morgan fingerprint density at radius 1 is 1.11 bits per heavy atom. The molecule has 0 aliphatic heterocycles. The quantitative estimate of drug-likeness (QED) is 0.317. The first-order valence-electron chi connectivity index (χ1n) is 8.98. The number of carbonyl (C=O) groups is 1. The Hall–Kier alpha value is -2.64. The van der Waals surface area contributed by atoms with Gasteiger partial charge in [0, 0.05) is 6.54 Å². The van der Waals surface area contributed by atoms with Crippen LogP contribution in [-0.4, -0.2) is 26.5 Å². The highest BCUT2D eigenvalue weighted by Crippen LogP contribution is 2.27. The van der Waals surface area contributed by atoms with Crippen LogP contribution < -0.4 is 0 Å². The van der Waals surface area contributed by atoms with Gasteiger partial charge in [0.1, 0.15) is 6.61 Å². The van der Waals surface area contributed by atoms with Crippen LogP contribution in [0.3, 0.4) is 0 Å². The van der Waals surface area contributed by atoms with Crippen molar-refractivity contribution in [2.45, 2.75) is 25.2 Å². The van der Waals surface area contributed by atoms with E-state index in [1.165, 1.54) is 11.8 Å². The van der Waals surface area contributed by atoms with E-state index in [1.54, 1.807) is 11.3 Å². The highest BCUT2D eigenvalue weighted by Gasteiger charge is 2.15. The molecule has 2 heterocycles. The smallest absolute Gasteiger partial charge is 0.316 e. The molecule has 4 rings (SSSR count). The summed E-state index contributed by atoms with van der Waals surface area (Å²) in [5.41, 5.74) is 1.01. The first-order chi connectivity index (χ1) is 13.8. The maximum Gasteiger partial charge on any atom is 0.316 e. The van der Waals surface area contributed by atoms with Crippen LogP contribution in [0.5, 0.6) is 0 Å². The molecule has 142 valence electrons. The molecule has 7 heteroatoms. The lowest BCUT2D eigenvalue weighted by molar-refractivity contribution is -0.141. The molecule has 0 saturated heterocycles. The van der Waals surface area contributed by atoms with Crippen molar-refractivity contribution in [3.05, 3.63) is 65.5 Å². The molecule has 0 fully saturated rings. The Morgan fingerprint density at radius 3 is 2.79 bits per heavy atom. The minimum absolute atomic E-state index is 0.202. The van der Waals surface area contributed by atoms with Gasteiger partial charge in [-0.05, 0) is 34.7 Å². The monoisotopic (exact) mass is 409 g/mol. The Kier molecular flexibility index (Phi) is 5.73. The predicted molar refractivity (Wildman–Crippen MR) is 113 cm³/mol. The van der Waals surface area contributed by atoms with Crippen LogP contribution in [-0.2, 0) is 22.7 Å². The normalized spacial score (nSPS) is 11.0. The largest absolute Gasteiger partial charge is 0.460 e. The summed E-state index contributed by atoms with van der Waals surface area (Å²) in [5, 5.41) is 13.5. The summed E-state index contributed by atoms with van der Waals surface area (Å²) in [5.74, 6) is 0.776. The molecule has 2 aromatic carbocycles. The molecule has 0 bridgehead atoms. The Balaban J connectivity index is 1.39. The van der Waals surface area contributed by atoms with E-state index in [0.29, 0.717) is 0 Å². The number of hydrogen-bond acceptors (Lipinski definition) is 6. The molecule has 0 spiro atoms. The maximum atomic E-state index is 12.3. The number of thiophene rings is 1. The van der Waals surface area contributed by atoms with Gasteiger partial charge in [0.15, 0.2) is 11.0 Å². The SMILES string of the molecule is CCn1c(SCC(=O)OCc2cccc3ccccc23)nnc1-c1cccs1. The van der Waals surface area contributed by atoms with Crippen molar-refractivity contribution in [1.82, 2.24) is 14.8 Å². The fourth-order valence-electron chi connectivity index (χ4n) is 3.01. The van der Waals surface area contributed by atoms with Crippen molar-refractivity contribution in [1.29, 1.82) is 0 Å². The molecule has 0 atom stereocenters. The van der Waals surface area contributed by atoms with Crippen molar-refractivity contribution in [3.63, 3.8) is 0 Å². The molecule has 0 saturated carbocycles. The van der Waals surface area contributed by atoms with E-state index < -0.39 is 0 Å². The van der Waals surface area contributed by atoms with Crippen LogP contribution in [0.2, 0.25) is 0 Å². The number of thioether (sulfide) groups is 1. The van der Waals surface area contributed by atoms with Gasteiger partial charge in [-0.15, -0.1) is 21.5 Å². The maximum absolute atomic E-state index is 12.3. The summed E-state index contributed by atoms with van der Waals surface area (Å²) in [6.07, 6.45) is 0. The first kappa shape index (κ1) is 18.7. The van der Waals surface area contributed by atoms with Gasteiger partial charge in [0.2, 0.25) is 0 Å². The lowest BCUT2D eigenvalue weighted by Crippen LogP contribution is -2.09. The molecule has 4 aromatic rings. The molecular formula is C21H19N3O2S2. The summed E-state index contributed by atoms with van der Waals surface area (Å²) in [6.45, 7) is 3.05. The second-order valence-electron chi connectivity index (χ2n) is 6.12. The first-order valence-corrected chi connectivity index (χ1v) is 10.8. The van der Waals surface area contributed by atoms with Crippen molar-refractivity contribution < 1.29 is 9.53 Å². The summed E-state index contributed by atoms with van der Waals surface area (Å²) < 4.78 is 7.52. The van der Waals surface area contributed by atoms with Gasteiger partial charge in [0.05, 0.1) is 10.6 Å². The average Bonchev–Trinajstić information content (AvgIpc) is 3.39. The Bertz CT molecular complexity index is 1080. The number of esters is 1. The number of ether oxygens (including phenoxy) is 1. The van der Waals surface area contributed by atoms with Crippen LogP contribution >= 0.6 is 23.1 Å². The van der Waals surface area contributed by atoms with Gasteiger partial charge in [0.25, 0.3) is 0 Å². The number of fused-ring (bicyclic) bond motifs is 1.